The number of alkyl halides is 1. The first-order chi connectivity index (χ1) is 9.19. The van der Waals surface area contributed by atoms with Gasteiger partial charge in [0.2, 0.25) is 0 Å². The molecule has 0 N–H and O–H groups in total. The van der Waals surface area contributed by atoms with Crippen molar-refractivity contribution in [2.24, 2.45) is 5.92 Å². The van der Waals surface area contributed by atoms with Gasteiger partial charge >= 0.3 is 0 Å². The first-order valence-electron chi connectivity index (χ1n) is 6.59. The molecular formula is C14H15Cl2FN2. The Morgan fingerprint density at radius 1 is 1.37 bits per heavy atom. The lowest BCUT2D eigenvalue weighted by atomic mass is 9.85. The van der Waals surface area contributed by atoms with Crippen LogP contribution in [0.5, 0.6) is 0 Å². The van der Waals surface area contributed by atoms with E-state index in [1.807, 2.05) is 0 Å². The average Bonchev–Trinajstić information content (AvgIpc) is 2.63. The number of aromatic nitrogens is 2. The Hall–Kier alpha value is -0.800. The lowest BCUT2D eigenvalue weighted by Crippen LogP contribution is -2.19. The normalized spacial score (nSPS) is 15.9. The van der Waals surface area contributed by atoms with E-state index in [-0.39, 0.29) is 10.8 Å². The summed E-state index contributed by atoms with van der Waals surface area (Å²) < 4.78 is 15.8. The molecule has 1 aromatic heterocycles. The highest BCUT2D eigenvalue weighted by Crippen LogP contribution is 2.31. The topological polar surface area (TPSA) is 17.8 Å². The smallest absolute Gasteiger partial charge is 0.144 e. The van der Waals surface area contributed by atoms with Gasteiger partial charge in [0.1, 0.15) is 11.6 Å². The van der Waals surface area contributed by atoms with Crippen LogP contribution >= 0.6 is 23.2 Å². The third-order valence-corrected chi connectivity index (χ3v) is 4.33. The number of hydrogen-bond acceptors (Lipinski definition) is 1. The Kier molecular flexibility index (Phi) is 3.68. The van der Waals surface area contributed by atoms with E-state index in [9.17, 15) is 4.39 Å². The number of nitrogens with zero attached hydrogens (tertiary/aromatic N) is 2. The monoisotopic (exact) mass is 300 g/mol. The number of imidazole rings is 1. The lowest BCUT2D eigenvalue weighted by molar-refractivity contribution is 0.277. The van der Waals surface area contributed by atoms with Crippen LogP contribution in [-0.4, -0.2) is 15.4 Å². The molecule has 1 aromatic carbocycles. The molecule has 1 aliphatic rings. The highest BCUT2D eigenvalue weighted by molar-refractivity contribution is 6.31. The Morgan fingerprint density at radius 2 is 2.16 bits per heavy atom. The molecule has 102 valence electrons. The SMILES string of the molecule is Fc1cc2c(cc1Cl)nc(CCCl)n2CC1CCC1. The van der Waals surface area contributed by atoms with Crippen molar-refractivity contribution in [3.63, 3.8) is 0 Å². The molecule has 0 bridgehead atoms. The van der Waals surface area contributed by atoms with E-state index >= 15 is 0 Å². The van der Waals surface area contributed by atoms with E-state index in [0.717, 1.165) is 23.4 Å². The summed E-state index contributed by atoms with van der Waals surface area (Å²) in [7, 11) is 0. The van der Waals surface area contributed by atoms with Crippen molar-refractivity contribution in [3.05, 3.63) is 28.8 Å². The molecule has 0 amide bonds. The molecule has 1 fully saturated rings. The first kappa shape index (κ1) is 13.2. The third-order valence-electron chi connectivity index (χ3n) is 3.85. The molecule has 1 heterocycles. The fraction of sp³-hybridized carbons (Fsp3) is 0.500. The molecule has 3 rings (SSSR count). The quantitative estimate of drug-likeness (QED) is 0.765. The highest BCUT2D eigenvalue weighted by atomic mass is 35.5. The maximum absolute atomic E-state index is 13.7. The van der Waals surface area contributed by atoms with Crippen LogP contribution in [0.2, 0.25) is 5.02 Å². The van der Waals surface area contributed by atoms with Crippen LogP contribution in [0.4, 0.5) is 4.39 Å². The number of aryl methyl sites for hydroxylation is 1. The van der Waals surface area contributed by atoms with Gasteiger partial charge in [-0.25, -0.2) is 9.37 Å². The number of fused-ring (bicyclic) bond motifs is 1. The minimum Gasteiger partial charge on any atom is -0.328 e. The average molecular weight is 301 g/mol. The maximum Gasteiger partial charge on any atom is 0.144 e. The van der Waals surface area contributed by atoms with Gasteiger partial charge in [0.25, 0.3) is 0 Å². The van der Waals surface area contributed by atoms with Crippen molar-refractivity contribution in [2.45, 2.75) is 32.2 Å². The van der Waals surface area contributed by atoms with Gasteiger partial charge in [0.05, 0.1) is 16.1 Å². The van der Waals surface area contributed by atoms with Crippen molar-refractivity contribution in [3.8, 4) is 0 Å². The fourth-order valence-electron chi connectivity index (χ4n) is 2.58. The van der Waals surface area contributed by atoms with Crippen molar-refractivity contribution in [1.29, 1.82) is 0 Å². The van der Waals surface area contributed by atoms with Gasteiger partial charge in [-0.05, 0) is 24.8 Å². The molecule has 1 aliphatic carbocycles. The van der Waals surface area contributed by atoms with Gasteiger partial charge in [-0.15, -0.1) is 11.6 Å². The van der Waals surface area contributed by atoms with Crippen LogP contribution < -0.4 is 0 Å². The van der Waals surface area contributed by atoms with Crippen LogP contribution in [0.25, 0.3) is 11.0 Å². The Labute approximate surface area is 121 Å². The molecule has 2 nitrogen and oxygen atoms in total. The predicted molar refractivity (Wildman–Crippen MR) is 76.5 cm³/mol. The van der Waals surface area contributed by atoms with Crippen molar-refractivity contribution in [2.75, 3.05) is 5.88 Å². The van der Waals surface area contributed by atoms with Gasteiger partial charge in [0, 0.05) is 24.9 Å². The summed E-state index contributed by atoms with van der Waals surface area (Å²) in [6, 6.07) is 3.09. The summed E-state index contributed by atoms with van der Waals surface area (Å²) in [5.41, 5.74) is 1.58. The van der Waals surface area contributed by atoms with E-state index in [0.29, 0.717) is 18.2 Å². The van der Waals surface area contributed by atoms with Crippen molar-refractivity contribution in [1.82, 2.24) is 9.55 Å². The standard InChI is InChI=1S/C14H15Cl2FN2/c15-5-4-14-18-12-6-10(16)11(17)7-13(12)19(14)8-9-2-1-3-9/h6-7,9H,1-5,8H2. The van der Waals surface area contributed by atoms with Crippen LogP contribution in [0, 0.1) is 11.7 Å². The predicted octanol–water partition coefficient (Wildman–Crippen LogP) is 4.41. The molecule has 0 unspecified atom stereocenters. The van der Waals surface area contributed by atoms with Crippen molar-refractivity contribution < 1.29 is 4.39 Å². The van der Waals surface area contributed by atoms with Crippen molar-refractivity contribution >= 4 is 34.2 Å². The van der Waals surface area contributed by atoms with Gasteiger partial charge in [-0.2, -0.15) is 0 Å². The summed E-state index contributed by atoms with van der Waals surface area (Å²) in [5.74, 6) is 1.75. The second-order valence-corrected chi connectivity index (χ2v) is 5.91. The second kappa shape index (κ2) is 5.29. The summed E-state index contributed by atoms with van der Waals surface area (Å²) >= 11 is 11.6. The molecule has 19 heavy (non-hydrogen) atoms. The van der Waals surface area contributed by atoms with Gasteiger partial charge in [0.15, 0.2) is 0 Å². The zero-order chi connectivity index (χ0) is 13.4. The minimum absolute atomic E-state index is 0.123. The van der Waals surface area contributed by atoms with E-state index in [4.69, 9.17) is 23.2 Å². The van der Waals surface area contributed by atoms with E-state index < -0.39 is 0 Å². The Balaban J connectivity index is 2.07. The largest absolute Gasteiger partial charge is 0.328 e. The highest BCUT2D eigenvalue weighted by Gasteiger charge is 2.21. The van der Waals surface area contributed by atoms with Crippen LogP contribution in [0.1, 0.15) is 25.1 Å². The van der Waals surface area contributed by atoms with Gasteiger partial charge < -0.3 is 4.57 Å². The molecule has 0 aliphatic heterocycles. The maximum atomic E-state index is 13.7. The van der Waals surface area contributed by atoms with E-state index in [1.54, 1.807) is 6.07 Å². The molecule has 0 atom stereocenters. The zero-order valence-electron chi connectivity index (χ0n) is 10.5. The summed E-state index contributed by atoms with van der Waals surface area (Å²) in [6.07, 6.45) is 4.48. The number of halogens is 3. The lowest BCUT2D eigenvalue weighted by Gasteiger charge is -2.26. The van der Waals surface area contributed by atoms with Gasteiger partial charge in [-0.1, -0.05) is 18.0 Å². The number of rotatable bonds is 4. The van der Waals surface area contributed by atoms with Gasteiger partial charge in [-0.3, -0.25) is 0 Å². The molecule has 0 spiro atoms. The summed E-state index contributed by atoms with van der Waals surface area (Å²) in [5, 5.41) is 0.123. The second-order valence-electron chi connectivity index (χ2n) is 5.13. The number of hydrogen-bond donors (Lipinski definition) is 0. The summed E-state index contributed by atoms with van der Waals surface area (Å²) in [4.78, 5) is 4.54. The third kappa shape index (κ3) is 2.46. The molecule has 1 saturated carbocycles. The van der Waals surface area contributed by atoms with Crippen LogP contribution in [0.3, 0.4) is 0 Å². The molecule has 5 heteroatoms. The molecular weight excluding hydrogens is 286 g/mol. The molecule has 0 saturated heterocycles. The molecule has 0 radical (unpaired) electrons. The number of benzene rings is 1. The van der Waals surface area contributed by atoms with Crippen LogP contribution in [-0.2, 0) is 13.0 Å². The molecule has 2 aromatic rings. The fourth-order valence-corrected chi connectivity index (χ4v) is 2.91. The van der Waals surface area contributed by atoms with E-state index in [2.05, 4.69) is 9.55 Å². The minimum atomic E-state index is -0.388. The first-order valence-corrected chi connectivity index (χ1v) is 7.50. The zero-order valence-corrected chi connectivity index (χ0v) is 12.0. The Bertz CT molecular complexity index is 605. The van der Waals surface area contributed by atoms with Crippen LogP contribution in [0.15, 0.2) is 12.1 Å². The summed E-state index contributed by atoms with van der Waals surface area (Å²) in [6.45, 7) is 0.907. The van der Waals surface area contributed by atoms with E-state index in [1.165, 1.54) is 25.3 Å². The Morgan fingerprint density at radius 3 is 2.79 bits per heavy atom.